The zero-order valence-corrected chi connectivity index (χ0v) is 33.8. The lowest BCUT2D eigenvalue weighted by molar-refractivity contribution is -0.167. The molecular weight excluding hydrogens is 721 g/mol. The minimum Gasteiger partial charge on any atom is -0.459 e. The average molecular weight is 779 g/mol. The lowest BCUT2D eigenvalue weighted by Gasteiger charge is -2.57. The largest absolute Gasteiger partial charge is 0.459 e. The standard InChI is InChI=1S/C45H58N6O6/c1-4-45-35(42(55)49-13-15-50(16-14-49)43(56)37-6-5-17-57-37)22-32(23-38(52)46-27-44-24-29-18-30(25-44)20-31(19-29)26-44)41(54)51(45)12-11-34-33-9-7-28(8-10-39(53)48(2)3)21-36(33)47-40(34)45/h5-7,9,17,21,29-32,35,47H,4,8,10-16,18-20,22-27H2,1-3H3,(H,46,52)/t29?,30?,31?,32-,35-,44?,45+/m1/s1. The predicted molar refractivity (Wildman–Crippen MR) is 214 cm³/mol. The number of aromatic nitrogens is 1. The van der Waals surface area contributed by atoms with E-state index in [0.717, 1.165) is 45.5 Å². The number of piperidine rings is 1. The van der Waals surface area contributed by atoms with Gasteiger partial charge in [0, 0.05) is 88.7 Å². The van der Waals surface area contributed by atoms with Crippen molar-refractivity contribution in [2.24, 2.45) is 35.0 Å². The van der Waals surface area contributed by atoms with Crippen LogP contribution in [0.15, 0.2) is 41.0 Å². The van der Waals surface area contributed by atoms with Gasteiger partial charge in [-0.3, -0.25) is 24.0 Å². The second-order valence-corrected chi connectivity index (χ2v) is 18.6. The number of nitrogens with zero attached hydrogens (tertiary/aromatic N) is 4. The molecule has 1 aromatic carbocycles. The molecule has 304 valence electrons. The van der Waals surface area contributed by atoms with E-state index in [1.54, 1.807) is 36.0 Å². The normalized spacial score (nSPS) is 30.3. The maximum Gasteiger partial charge on any atom is 0.289 e. The van der Waals surface area contributed by atoms with Gasteiger partial charge >= 0.3 is 0 Å². The summed E-state index contributed by atoms with van der Waals surface area (Å²) in [6.07, 6.45) is 11.7. The number of furan rings is 1. The fraction of sp³-hybridized carbons (Fsp3) is 0.622. The van der Waals surface area contributed by atoms with Gasteiger partial charge in [-0.05, 0) is 117 Å². The summed E-state index contributed by atoms with van der Waals surface area (Å²) in [6.45, 7) is 4.73. The highest BCUT2D eigenvalue weighted by molar-refractivity contribution is 5.94. The molecule has 12 nitrogen and oxygen atoms in total. The van der Waals surface area contributed by atoms with E-state index >= 15 is 4.79 Å². The van der Waals surface area contributed by atoms with Crippen molar-refractivity contribution in [1.82, 2.24) is 29.9 Å². The molecule has 2 aromatic heterocycles. The first-order valence-corrected chi connectivity index (χ1v) is 21.5. The molecule has 0 spiro atoms. The van der Waals surface area contributed by atoms with Crippen LogP contribution in [-0.2, 0) is 37.6 Å². The van der Waals surface area contributed by atoms with Crippen LogP contribution in [0.5, 0.6) is 0 Å². The number of carbonyl (C=O) groups is 5. The Bertz CT molecular complexity index is 2030. The molecule has 6 fully saturated rings. The first-order valence-electron chi connectivity index (χ1n) is 21.5. The van der Waals surface area contributed by atoms with Crippen LogP contribution in [-0.4, -0.2) is 107 Å². The summed E-state index contributed by atoms with van der Waals surface area (Å²) in [4.78, 5) is 80.1. The summed E-state index contributed by atoms with van der Waals surface area (Å²) in [5.74, 6) is 1.18. The van der Waals surface area contributed by atoms with Gasteiger partial charge in [-0.1, -0.05) is 19.1 Å². The molecule has 7 aliphatic rings. The van der Waals surface area contributed by atoms with Crippen molar-refractivity contribution < 1.29 is 28.4 Å². The summed E-state index contributed by atoms with van der Waals surface area (Å²) in [7, 11) is 3.54. The molecule has 3 aliphatic heterocycles. The highest BCUT2D eigenvalue weighted by Crippen LogP contribution is 2.60. The van der Waals surface area contributed by atoms with Crippen molar-refractivity contribution in [2.45, 2.75) is 89.5 Å². The molecule has 2 saturated heterocycles. The molecule has 5 amide bonds. The van der Waals surface area contributed by atoms with E-state index in [1.807, 2.05) is 9.80 Å². The number of hydrogen-bond acceptors (Lipinski definition) is 6. The second-order valence-electron chi connectivity index (χ2n) is 18.6. The summed E-state index contributed by atoms with van der Waals surface area (Å²) < 4.78 is 5.37. The number of aromatic amines is 1. The molecule has 0 radical (unpaired) electrons. The van der Waals surface area contributed by atoms with Gasteiger partial charge in [0.25, 0.3) is 5.91 Å². The van der Waals surface area contributed by atoms with Crippen molar-refractivity contribution in [3.05, 3.63) is 59.2 Å². The van der Waals surface area contributed by atoms with Crippen LogP contribution in [0.3, 0.4) is 0 Å². The summed E-state index contributed by atoms with van der Waals surface area (Å²) in [5, 5.41) is 4.40. The molecular formula is C45H58N6O6. The smallest absolute Gasteiger partial charge is 0.289 e. The zero-order chi connectivity index (χ0) is 39.6. The Hall–Kier alpha value is -4.61. The Kier molecular flexibility index (Phi) is 9.75. The lowest BCUT2D eigenvalue weighted by atomic mass is 9.49. The summed E-state index contributed by atoms with van der Waals surface area (Å²) >= 11 is 0. The van der Waals surface area contributed by atoms with Crippen LogP contribution in [0, 0.1) is 35.0 Å². The zero-order valence-electron chi connectivity index (χ0n) is 33.8. The van der Waals surface area contributed by atoms with E-state index in [-0.39, 0.29) is 53.6 Å². The number of benzene rings is 1. The van der Waals surface area contributed by atoms with Gasteiger partial charge in [0.1, 0.15) is 0 Å². The van der Waals surface area contributed by atoms with Gasteiger partial charge < -0.3 is 34.3 Å². The number of H-pyrrole nitrogens is 1. The molecule has 4 bridgehead atoms. The van der Waals surface area contributed by atoms with Crippen LogP contribution in [0.25, 0.3) is 10.9 Å². The minimum absolute atomic E-state index is 0.0344. The highest BCUT2D eigenvalue weighted by atomic mass is 16.3. The minimum atomic E-state index is -0.922. The Labute approximate surface area is 335 Å². The van der Waals surface area contributed by atoms with E-state index in [9.17, 15) is 19.2 Å². The van der Waals surface area contributed by atoms with Crippen LogP contribution in [0.1, 0.15) is 98.5 Å². The van der Waals surface area contributed by atoms with Gasteiger partial charge in [0.15, 0.2) is 5.76 Å². The number of rotatable bonds is 10. The van der Waals surface area contributed by atoms with Crippen LogP contribution in [0.2, 0.25) is 0 Å². The van der Waals surface area contributed by atoms with E-state index in [0.29, 0.717) is 65.0 Å². The fourth-order valence-corrected chi connectivity index (χ4v) is 12.7. The second kappa shape index (κ2) is 14.6. The molecule has 4 saturated carbocycles. The van der Waals surface area contributed by atoms with Gasteiger partial charge in [-0.15, -0.1) is 0 Å². The molecule has 4 aliphatic carbocycles. The van der Waals surface area contributed by atoms with Crippen molar-refractivity contribution >= 4 is 40.4 Å². The molecule has 5 heterocycles. The predicted octanol–water partition coefficient (Wildman–Crippen LogP) is 5.12. The molecule has 57 heavy (non-hydrogen) atoms. The van der Waals surface area contributed by atoms with Crippen molar-refractivity contribution in [3.63, 3.8) is 0 Å². The fourth-order valence-electron chi connectivity index (χ4n) is 12.7. The maximum atomic E-state index is 15.1. The molecule has 3 aromatic rings. The van der Waals surface area contributed by atoms with E-state index in [1.165, 1.54) is 44.8 Å². The first-order chi connectivity index (χ1) is 27.5. The third-order valence-electron chi connectivity index (χ3n) is 15.0. The Morgan fingerprint density at radius 3 is 2.28 bits per heavy atom. The van der Waals surface area contributed by atoms with Crippen molar-refractivity contribution in [3.8, 4) is 0 Å². The molecule has 10 rings (SSSR count). The summed E-state index contributed by atoms with van der Waals surface area (Å²) in [6, 6.07) is 9.67. The number of fused-ring (bicyclic) bond motifs is 5. The molecule has 0 unspecified atom stereocenters. The third kappa shape index (κ3) is 6.64. The number of hydrogen-bond donors (Lipinski definition) is 2. The number of carbonyl (C=O) groups excluding carboxylic acids is 5. The number of amides is 5. The van der Waals surface area contributed by atoms with Gasteiger partial charge in [0.2, 0.25) is 23.6 Å². The lowest BCUT2D eigenvalue weighted by Crippen LogP contribution is -2.66. The highest BCUT2D eigenvalue weighted by Gasteiger charge is 2.59. The molecule has 2 N–H and O–H groups in total. The Morgan fingerprint density at radius 1 is 0.930 bits per heavy atom. The number of nitrogens with one attached hydrogen (secondary N) is 2. The average Bonchev–Trinajstić information content (AvgIpc) is 3.88. The quantitative estimate of drug-likeness (QED) is 0.293. The van der Waals surface area contributed by atoms with E-state index in [2.05, 4.69) is 35.4 Å². The number of piperazine rings is 1. The van der Waals surface area contributed by atoms with Gasteiger partial charge in [-0.25, -0.2) is 0 Å². The maximum absolute atomic E-state index is 15.1. The first kappa shape index (κ1) is 37.9. The number of aryl methyl sites for hydroxylation is 1. The van der Waals surface area contributed by atoms with E-state index < -0.39 is 17.4 Å². The van der Waals surface area contributed by atoms with Gasteiger partial charge in [0.05, 0.1) is 17.7 Å². The van der Waals surface area contributed by atoms with Crippen LogP contribution >= 0.6 is 0 Å². The molecule has 12 heteroatoms. The van der Waals surface area contributed by atoms with Crippen LogP contribution < -0.4 is 5.32 Å². The van der Waals surface area contributed by atoms with Crippen molar-refractivity contribution in [2.75, 3.05) is 53.4 Å². The SMILES string of the molecule is CC[C@]12c3[nH]c4cc(CCC(=O)N(C)C)ccc4c3CCN1C(=O)[C@@H](CC(=O)NCC13CC4CC(CC(C4)C1)C3)C[C@@H]2C(=O)N1CCN(C(=O)c2ccco2)CC1. The van der Waals surface area contributed by atoms with E-state index in [4.69, 9.17) is 4.42 Å². The van der Waals surface area contributed by atoms with Crippen molar-refractivity contribution in [1.29, 1.82) is 0 Å². The third-order valence-corrected chi connectivity index (χ3v) is 15.0. The Balaban J connectivity index is 0.991. The monoisotopic (exact) mass is 778 g/mol. The molecule has 3 atom stereocenters. The summed E-state index contributed by atoms with van der Waals surface area (Å²) in [5.41, 5.74) is 3.31. The van der Waals surface area contributed by atoms with Crippen LogP contribution in [0.4, 0.5) is 0 Å². The van der Waals surface area contributed by atoms with Gasteiger partial charge in [-0.2, -0.15) is 0 Å². The Morgan fingerprint density at radius 2 is 1.63 bits per heavy atom. The topological polar surface area (TPSA) is 139 Å².